The van der Waals surface area contributed by atoms with E-state index in [1.54, 1.807) is 12.1 Å². The van der Waals surface area contributed by atoms with Crippen molar-refractivity contribution in [3.63, 3.8) is 0 Å². The summed E-state index contributed by atoms with van der Waals surface area (Å²) in [4.78, 5) is 3.89. The molecule has 0 saturated heterocycles. The fourth-order valence-electron chi connectivity index (χ4n) is 1.62. The lowest BCUT2D eigenvalue weighted by molar-refractivity contribution is 0.415. The van der Waals surface area contributed by atoms with Gasteiger partial charge in [0.1, 0.15) is 5.75 Å². The summed E-state index contributed by atoms with van der Waals surface area (Å²) in [7, 11) is -2.33. The average Bonchev–Trinajstić information content (AvgIpc) is 2.49. The molecule has 1 heterocycles. The molecule has 2 aromatic rings. The highest BCUT2D eigenvalue weighted by molar-refractivity contribution is 7.92. The van der Waals surface area contributed by atoms with Crippen molar-refractivity contribution in [1.29, 1.82) is 0 Å². The molecule has 0 unspecified atom stereocenters. The number of nitrogens with zero attached hydrogens (tertiary/aromatic N) is 1. The topological polar surface area (TPSA) is 94.3 Å². The third-order valence-corrected chi connectivity index (χ3v) is 4.32. The summed E-state index contributed by atoms with van der Waals surface area (Å²) >= 11 is 5.89. The van der Waals surface area contributed by atoms with Crippen molar-refractivity contribution in [2.24, 2.45) is 5.73 Å². The molecule has 0 bridgehead atoms. The fourth-order valence-corrected chi connectivity index (χ4v) is 2.80. The van der Waals surface area contributed by atoms with Crippen LogP contribution in [0.5, 0.6) is 5.75 Å². The molecule has 0 spiro atoms. The van der Waals surface area contributed by atoms with E-state index in [2.05, 4.69) is 9.71 Å². The third kappa shape index (κ3) is 3.63. The second-order valence-corrected chi connectivity index (χ2v) is 6.20. The number of ether oxygens (including phenoxy) is 1. The molecule has 0 fully saturated rings. The second kappa shape index (κ2) is 6.30. The van der Waals surface area contributed by atoms with Crippen LogP contribution >= 0.6 is 11.6 Å². The van der Waals surface area contributed by atoms with Crippen LogP contribution in [0.25, 0.3) is 0 Å². The van der Waals surface area contributed by atoms with Gasteiger partial charge in [-0.1, -0.05) is 17.7 Å². The van der Waals surface area contributed by atoms with Crippen molar-refractivity contribution in [3.8, 4) is 5.75 Å². The van der Waals surface area contributed by atoms with E-state index < -0.39 is 10.0 Å². The Morgan fingerprint density at radius 3 is 2.67 bits per heavy atom. The molecule has 6 nitrogen and oxygen atoms in total. The number of halogens is 1. The summed E-state index contributed by atoms with van der Waals surface area (Å²) < 4.78 is 31.9. The molecule has 0 aliphatic carbocycles. The summed E-state index contributed by atoms with van der Waals surface area (Å²) in [5, 5.41) is 0.305. The molecule has 3 N–H and O–H groups in total. The summed E-state index contributed by atoms with van der Waals surface area (Å²) in [6.07, 6.45) is 1.43. The van der Waals surface area contributed by atoms with Gasteiger partial charge in [0.2, 0.25) is 0 Å². The van der Waals surface area contributed by atoms with Crippen LogP contribution < -0.4 is 15.2 Å². The molecule has 0 amide bonds. The minimum Gasteiger partial charge on any atom is -0.495 e. The van der Waals surface area contributed by atoms with E-state index in [4.69, 9.17) is 22.1 Å². The van der Waals surface area contributed by atoms with Crippen LogP contribution in [0.4, 0.5) is 5.69 Å². The van der Waals surface area contributed by atoms with Crippen molar-refractivity contribution in [2.75, 3.05) is 11.8 Å². The van der Waals surface area contributed by atoms with E-state index >= 15 is 0 Å². The van der Waals surface area contributed by atoms with Gasteiger partial charge in [-0.2, -0.15) is 8.42 Å². The first-order valence-corrected chi connectivity index (χ1v) is 7.84. The lowest BCUT2D eigenvalue weighted by atomic mass is 10.3. The number of hydrogen-bond donors (Lipinski definition) is 2. The number of hydrogen-bond acceptors (Lipinski definition) is 5. The van der Waals surface area contributed by atoms with Crippen molar-refractivity contribution in [3.05, 3.63) is 47.1 Å². The normalized spacial score (nSPS) is 11.2. The lowest BCUT2D eigenvalue weighted by Crippen LogP contribution is -2.14. The smallest absolute Gasteiger partial charge is 0.279 e. The van der Waals surface area contributed by atoms with Gasteiger partial charge in [-0.25, -0.2) is 4.98 Å². The number of nitrogens with two attached hydrogens (primary N) is 1. The van der Waals surface area contributed by atoms with Crippen LogP contribution in [0.1, 0.15) is 5.56 Å². The first kappa shape index (κ1) is 15.6. The number of anilines is 1. The number of nitrogens with one attached hydrogen (secondary N) is 1. The zero-order valence-electron chi connectivity index (χ0n) is 11.2. The minimum atomic E-state index is -3.78. The molecule has 112 valence electrons. The molecule has 2 rings (SSSR count). The Morgan fingerprint density at radius 1 is 1.33 bits per heavy atom. The van der Waals surface area contributed by atoms with E-state index in [-0.39, 0.29) is 5.03 Å². The predicted molar refractivity (Wildman–Crippen MR) is 80.9 cm³/mol. The summed E-state index contributed by atoms with van der Waals surface area (Å²) in [6, 6.07) is 7.59. The van der Waals surface area contributed by atoms with Gasteiger partial charge in [-0.05, 0) is 23.8 Å². The van der Waals surface area contributed by atoms with Gasteiger partial charge in [-0.3, -0.25) is 4.72 Å². The highest BCUT2D eigenvalue weighted by Crippen LogP contribution is 2.28. The molecule has 21 heavy (non-hydrogen) atoms. The maximum absolute atomic E-state index is 12.2. The van der Waals surface area contributed by atoms with E-state index in [0.29, 0.717) is 23.0 Å². The number of aromatic nitrogens is 1. The van der Waals surface area contributed by atoms with Gasteiger partial charge in [0.25, 0.3) is 10.0 Å². The van der Waals surface area contributed by atoms with Crippen molar-refractivity contribution < 1.29 is 13.2 Å². The summed E-state index contributed by atoms with van der Waals surface area (Å²) in [5.74, 6) is 0.378. The van der Waals surface area contributed by atoms with Crippen molar-refractivity contribution >= 4 is 27.3 Å². The Balaban J connectivity index is 2.28. The number of methoxy groups -OCH3 is 1. The first-order chi connectivity index (χ1) is 9.96. The zero-order valence-corrected chi connectivity index (χ0v) is 12.8. The van der Waals surface area contributed by atoms with Crippen LogP contribution in [-0.4, -0.2) is 20.5 Å². The van der Waals surface area contributed by atoms with Gasteiger partial charge >= 0.3 is 0 Å². The number of benzene rings is 1. The molecule has 0 saturated carbocycles. The van der Waals surface area contributed by atoms with Crippen LogP contribution in [0.3, 0.4) is 0 Å². The molecule has 0 aliphatic rings. The van der Waals surface area contributed by atoms with Gasteiger partial charge in [0.15, 0.2) is 5.03 Å². The molecule has 8 heteroatoms. The van der Waals surface area contributed by atoms with E-state index in [1.807, 2.05) is 0 Å². The van der Waals surface area contributed by atoms with Crippen LogP contribution in [-0.2, 0) is 16.6 Å². The Kier molecular flexibility index (Phi) is 4.66. The predicted octanol–water partition coefficient (Wildman–Crippen LogP) is 2.00. The molecule has 0 atom stereocenters. The van der Waals surface area contributed by atoms with Crippen LogP contribution in [0, 0.1) is 0 Å². The minimum absolute atomic E-state index is 0.0892. The maximum atomic E-state index is 12.2. The lowest BCUT2D eigenvalue weighted by Gasteiger charge is -2.10. The highest BCUT2D eigenvalue weighted by atomic mass is 35.5. The van der Waals surface area contributed by atoms with Crippen LogP contribution in [0.2, 0.25) is 5.02 Å². The van der Waals surface area contributed by atoms with Gasteiger partial charge in [0.05, 0.1) is 17.8 Å². The Hall–Kier alpha value is -1.83. The standard InChI is InChI=1S/C13H14ClN3O3S/c1-20-12-6-10(3-4-11(12)14)17-21(18,19)13-5-2-9(7-15)8-16-13/h2-6,8,17H,7,15H2,1H3. The van der Waals surface area contributed by atoms with Gasteiger partial charge in [-0.15, -0.1) is 0 Å². The second-order valence-electron chi connectivity index (χ2n) is 4.16. The van der Waals surface area contributed by atoms with Gasteiger partial charge in [0, 0.05) is 18.8 Å². The average molecular weight is 328 g/mol. The zero-order chi connectivity index (χ0) is 15.5. The summed E-state index contributed by atoms with van der Waals surface area (Å²) in [6.45, 7) is 0.301. The molecular formula is C13H14ClN3O3S. The summed E-state index contributed by atoms with van der Waals surface area (Å²) in [5.41, 5.74) is 6.53. The van der Waals surface area contributed by atoms with E-state index in [1.165, 1.54) is 31.5 Å². The van der Waals surface area contributed by atoms with E-state index in [9.17, 15) is 8.42 Å². The fraction of sp³-hybridized carbons (Fsp3) is 0.154. The molecular weight excluding hydrogens is 314 g/mol. The van der Waals surface area contributed by atoms with Crippen molar-refractivity contribution in [1.82, 2.24) is 4.98 Å². The molecule has 1 aromatic carbocycles. The molecule has 0 radical (unpaired) electrons. The molecule has 0 aliphatic heterocycles. The Labute approximate surface area is 128 Å². The van der Waals surface area contributed by atoms with E-state index in [0.717, 1.165) is 5.56 Å². The third-order valence-electron chi connectivity index (χ3n) is 2.71. The number of sulfonamides is 1. The largest absolute Gasteiger partial charge is 0.495 e. The van der Waals surface area contributed by atoms with Crippen LogP contribution in [0.15, 0.2) is 41.6 Å². The first-order valence-electron chi connectivity index (χ1n) is 5.97. The Bertz CT molecular complexity index is 733. The monoisotopic (exact) mass is 327 g/mol. The number of rotatable bonds is 5. The van der Waals surface area contributed by atoms with Gasteiger partial charge < -0.3 is 10.5 Å². The quantitative estimate of drug-likeness (QED) is 0.876. The Morgan fingerprint density at radius 2 is 2.10 bits per heavy atom. The SMILES string of the molecule is COc1cc(NS(=O)(=O)c2ccc(CN)cn2)ccc1Cl. The number of pyridine rings is 1. The van der Waals surface area contributed by atoms with Crippen molar-refractivity contribution in [2.45, 2.75) is 11.6 Å². The molecule has 1 aromatic heterocycles. The maximum Gasteiger partial charge on any atom is 0.279 e. The highest BCUT2D eigenvalue weighted by Gasteiger charge is 2.16.